The molecule has 0 saturated heterocycles. The quantitative estimate of drug-likeness (QED) is 0.940. The third-order valence-electron chi connectivity index (χ3n) is 3.29. The van der Waals surface area contributed by atoms with Crippen molar-refractivity contribution in [3.63, 3.8) is 0 Å². The summed E-state index contributed by atoms with van der Waals surface area (Å²) in [6.07, 6.45) is 1.06. The Morgan fingerprint density at radius 2 is 2.10 bits per heavy atom. The third kappa shape index (κ3) is 3.21. The zero-order valence-electron chi connectivity index (χ0n) is 11.3. The zero-order valence-corrected chi connectivity index (χ0v) is 12.1. The molecule has 0 bridgehead atoms. The van der Waals surface area contributed by atoms with Crippen LogP contribution < -0.4 is 5.43 Å². The number of benzene rings is 1. The van der Waals surface area contributed by atoms with Crippen LogP contribution in [0.4, 0.5) is 0 Å². The number of rotatable bonds is 4. The Labute approximate surface area is 122 Å². The summed E-state index contributed by atoms with van der Waals surface area (Å²) in [6.45, 7) is 2.47. The minimum Gasteiger partial charge on any atom is -0.502 e. The lowest BCUT2D eigenvalue weighted by molar-refractivity contribution is 0.229. The standard InChI is InChI=1S/C15H16ClNO3/c1-10(12-5-3-4-6-13(12)16)17(2)8-11-7-14(18)15(19)9-20-11/h3-7,9-10,19H,8H2,1-2H3/t10-/m0/s1. The van der Waals surface area contributed by atoms with Crippen molar-refractivity contribution in [2.45, 2.75) is 19.5 Å². The van der Waals surface area contributed by atoms with Gasteiger partial charge in [-0.1, -0.05) is 29.8 Å². The zero-order chi connectivity index (χ0) is 14.7. The van der Waals surface area contributed by atoms with Crippen LogP contribution >= 0.6 is 11.6 Å². The largest absolute Gasteiger partial charge is 0.502 e. The maximum atomic E-state index is 11.4. The molecule has 2 aromatic rings. The van der Waals surface area contributed by atoms with Gasteiger partial charge < -0.3 is 9.52 Å². The normalized spacial score (nSPS) is 12.6. The highest BCUT2D eigenvalue weighted by Crippen LogP contribution is 2.27. The van der Waals surface area contributed by atoms with E-state index in [9.17, 15) is 4.79 Å². The lowest BCUT2D eigenvalue weighted by atomic mass is 10.1. The highest BCUT2D eigenvalue weighted by atomic mass is 35.5. The van der Waals surface area contributed by atoms with E-state index in [-0.39, 0.29) is 11.8 Å². The van der Waals surface area contributed by atoms with Crippen molar-refractivity contribution in [1.29, 1.82) is 0 Å². The van der Waals surface area contributed by atoms with Crippen molar-refractivity contribution in [2.75, 3.05) is 7.05 Å². The minimum atomic E-state index is -0.440. The maximum absolute atomic E-state index is 11.4. The smallest absolute Gasteiger partial charge is 0.226 e. The molecular formula is C15H16ClNO3. The van der Waals surface area contributed by atoms with Crippen LogP contribution in [0.3, 0.4) is 0 Å². The van der Waals surface area contributed by atoms with Crippen molar-refractivity contribution in [3.05, 3.63) is 63.2 Å². The van der Waals surface area contributed by atoms with Crippen molar-refractivity contribution in [1.82, 2.24) is 4.90 Å². The van der Waals surface area contributed by atoms with Crippen molar-refractivity contribution >= 4 is 11.6 Å². The van der Waals surface area contributed by atoms with Gasteiger partial charge in [0.2, 0.25) is 5.43 Å². The molecule has 0 aliphatic heterocycles. The van der Waals surface area contributed by atoms with Gasteiger partial charge in [-0.05, 0) is 25.6 Å². The summed E-state index contributed by atoms with van der Waals surface area (Å²) in [5.41, 5.74) is 0.572. The summed E-state index contributed by atoms with van der Waals surface area (Å²) in [4.78, 5) is 13.4. The van der Waals surface area contributed by atoms with Gasteiger partial charge in [0.1, 0.15) is 12.0 Å². The SMILES string of the molecule is C[C@@H](c1ccccc1Cl)N(C)Cc1cc(=O)c(O)co1. The fourth-order valence-corrected chi connectivity index (χ4v) is 2.25. The molecule has 1 aromatic heterocycles. The van der Waals surface area contributed by atoms with E-state index >= 15 is 0 Å². The molecule has 1 atom stereocenters. The first kappa shape index (κ1) is 14.6. The molecule has 0 spiro atoms. The van der Waals surface area contributed by atoms with Crippen LogP contribution in [0.5, 0.6) is 5.75 Å². The fraction of sp³-hybridized carbons (Fsp3) is 0.267. The second-order valence-corrected chi connectivity index (χ2v) is 5.12. The van der Waals surface area contributed by atoms with E-state index in [0.717, 1.165) is 11.8 Å². The van der Waals surface area contributed by atoms with Crippen molar-refractivity contribution in [3.8, 4) is 5.75 Å². The molecule has 106 valence electrons. The van der Waals surface area contributed by atoms with Crippen molar-refractivity contribution < 1.29 is 9.52 Å². The Kier molecular flexibility index (Phi) is 4.47. The first-order chi connectivity index (χ1) is 9.49. The summed E-state index contributed by atoms with van der Waals surface area (Å²) in [6, 6.07) is 9.01. The van der Waals surface area contributed by atoms with Gasteiger partial charge >= 0.3 is 0 Å². The van der Waals surface area contributed by atoms with Crippen LogP contribution in [0.2, 0.25) is 5.02 Å². The van der Waals surface area contributed by atoms with E-state index in [1.54, 1.807) is 0 Å². The molecule has 0 aliphatic carbocycles. The van der Waals surface area contributed by atoms with Gasteiger partial charge in [-0.25, -0.2) is 0 Å². The maximum Gasteiger partial charge on any atom is 0.226 e. The molecule has 1 heterocycles. The molecule has 0 aliphatic rings. The Hall–Kier alpha value is -1.78. The average molecular weight is 294 g/mol. The minimum absolute atomic E-state index is 0.0720. The van der Waals surface area contributed by atoms with Crippen LogP contribution in [-0.4, -0.2) is 17.1 Å². The van der Waals surface area contributed by atoms with E-state index in [1.807, 2.05) is 43.1 Å². The molecule has 0 saturated carbocycles. The second kappa shape index (κ2) is 6.11. The van der Waals surface area contributed by atoms with Crippen LogP contribution in [-0.2, 0) is 6.54 Å². The molecule has 0 unspecified atom stereocenters. The lowest BCUT2D eigenvalue weighted by Crippen LogP contribution is -2.22. The average Bonchev–Trinajstić information content (AvgIpc) is 2.42. The summed E-state index contributed by atoms with van der Waals surface area (Å²) in [7, 11) is 1.92. The Morgan fingerprint density at radius 3 is 2.75 bits per heavy atom. The molecular weight excluding hydrogens is 278 g/mol. The van der Waals surface area contributed by atoms with Gasteiger partial charge in [-0.2, -0.15) is 0 Å². The predicted molar refractivity (Wildman–Crippen MR) is 78.0 cm³/mol. The Morgan fingerprint density at radius 1 is 1.40 bits per heavy atom. The first-order valence-corrected chi connectivity index (χ1v) is 6.62. The predicted octanol–water partition coefficient (Wildman–Crippen LogP) is 3.19. The molecule has 0 radical (unpaired) electrons. The third-order valence-corrected chi connectivity index (χ3v) is 3.63. The Bertz CT molecular complexity index is 654. The number of nitrogens with zero attached hydrogens (tertiary/aromatic N) is 1. The van der Waals surface area contributed by atoms with Crippen LogP contribution in [0.1, 0.15) is 24.3 Å². The van der Waals surface area contributed by atoms with Crippen molar-refractivity contribution in [2.24, 2.45) is 0 Å². The molecule has 20 heavy (non-hydrogen) atoms. The topological polar surface area (TPSA) is 53.7 Å². The van der Waals surface area contributed by atoms with Gasteiger partial charge in [0.25, 0.3) is 0 Å². The first-order valence-electron chi connectivity index (χ1n) is 6.24. The van der Waals surface area contributed by atoms with E-state index in [4.69, 9.17) is 21.1 Å². The number of hydrogen-bond acceptors (Lipinski definition) is 4. The van der Waals surface area contributed by atoms with Gasteiger partial charge in [0.05, 0.1) is 6.54 Å². The van der Waals surface area contributed by atoms with E-state index in [1.165, 1.54) is 6.07 Å². The molecule has 4 nitrogen and oxygen atoms in total. The van der Waals surface area contributed by atoms with Crippen LogP contribution in [0, 0.1) is 0 Å². The monoisotopic (exact) mass is 293 g/mol. The molecule has 0 amide bonds. The van der Waals surface area contributed by atoms with Crippen LogP contribution in [0.15, 0.2) is 45.8 Å². The van der Waals surface area contributed by atoms with Gasteiger partial charge in [-0.15, -0.1) is 0 Å². The van der Waals surface area contributed by atoms with E-state index < -0.39 is 5.43 Å². The highest BCUT2D eigenvalue weighted by Gasteiger charge is 2.15. The second-order valence-electron chi connectivity index (χ2n) is 4.71. The number of aromatic hydroxyl groups is 1. The lowest BCUT2D eigenvalue weighted by Gasteiger charge is -2.25. The summed E-state index contributed by atoms with van der Waals surface area (Å²) >= 11 is 6.18. The summed E-state index contributed by atoms with van der Waals surface area (Å²) in [5, 5.41) is 9.87. The van der Waals surface area contributed by atoms with Gasteiger partial charge in [0, 0.05) is 17.1 Å². The van der Waals surface area contributed by atoms with Gasteiger partial charge in [-0.3, -0.25) is 9.69 Å². The molecule has 0 fully saturated rings. The van der Waals surface area contributed by atoms with E-state index in [0.29, 0.717) is 17.3 Å². The summed E-state index contributed by atoms with van der Waals surface area (Å²) < 4.78 is 5.20. The number of halogens is 1. The Balaban J connectivity index is 2.15. The molecule has 1 aromatic carbocycles. The molecule has 1 N–H and O–H groups in total. The molecule has 2 rings (SSSR count). The molecule has 5 heteroatoms. The summed E-state index contributed by atoms with van der Waals surface area (Å²) in [5.74, 6) is 0.116. The number of hydrogen-bond donors (Lipinski definition) is 1. The van der Waals surface area contributed by atoms with E-state index in [2.05, 4.69) is 0 Å². The fourth-order valence-electron chi connectivity index (χ4n) is 1.96. The van der Waals surface area contributed by atoms with Gasteiger partial charge in [0.15, 0.2) is 5.75 Å². The highest BCUT2D eigenvalue weighted by molar-refractivity contribution is 6.31. The van der Waals surface area contributed by atoms with Crippen LogP contribution in [0.25, 0.3) is 0 Å².